The summed E-state index contributed by atoms with van der Waals surface area (Å²) in [6.45, 7) is 0. The summed E-state index contributed by atoms with van der Waals surface area (Å²) in [4.78, 5) is 0. The maximum Gasteiger partial charge on any atom is 0.161 e. The highest BCUT2D eigenvalue weighted by molar-refractivity contribution is 7.75. The van der Waals surface area contributed by atoms with E-state index < -0.39 is 7.26 Å². The van der Waals surface area contributed by atoms with Gasteiger partial charge in [0.1, 0.15) is 7.26 Å². The Balaban J connectivity index is 0. The minimum atomic E-state index is -2.20. The highest BCUT2D eigenvalue weighted by atomic mass is 35.5. The van der Waals surface area contributed by atoms with Gasteiger partial charge in [-0.25, -0.2) is 0 Å². The van der Waals surface area contributed by atoms with E-state index in [4.69, 9.17) is 20.4 Å². The van der Waals surface area contributed by atoms with Gasteiger partial charge >= 0.3 is 0 Å². The molecule has 0 saturated carbocycles. The smallest absolute Gasteiger partial charge is 0.161 e. The highest BCUT2D eigenvalue weighted by Crippen LogP contribution is 2.54. The van der Waals surface area contributed by atoms with Crippen molar-refractivity contribution < 1.29 is 20.4 Å². The molecule has 0 rings (SSSR count). The molecule has 0 aromatic carbocycles. The van der Waals surface area contributed by atoms with Gasteiger partial charge in [0.15, 0.2) is 25.4 Å². The third-order valence-electron chi connectivity index (χ3n) is 1.20. The lowest BCUT2D eigenvalue weighted by Crippen LogP contribution is -2.10. The average Bonchev–Trinajstić information content (AvgIpc) is 1.95. The third kappa shape index (κ3) is 3.10. The zero-order chi connectivity index (χ0) is 7.33. The number of aliphatic hydroxyl groups is 4. The molecular formula is C4H13ClO4P+. The molecule has 0 aliphatic heterocycles. The molecular weight excluding hydrogens is 178 g/mol. The largest absolute Gasteiger partial charge is 0.361 e. The van der Waals surface area contributed by atoms with Gasteiger partial charge in [-0.3, -0.25) is 0 Å². The van der Waals surface area contributed by atoms with Gasteiger partial charge in [-0.15, -0.1) is 12.4 Å². The molecule has 0 aliphatic rings. The lowest BCUT2D eigenvalue weighted by atomic mass is 11.6. The van der Waals surface area contributed by atoms with Crippen LogP contribution in [0.3, 0.4) is 0 Å². The van der Waals surface area contributed by atoms with Gasteiger partial charge in [-0.1, -0.05) is 0 Å². The van der Waals surface area contributed by atoms with Gasteiger partial charge in [-0.05, 0) is 0 Å². The van der Waals surface area contributed by atoms with Crippen molar-refractivity contribution >= 4 is 19.7 Å². The van der Waals surface area contributed by atoms with E-state index in [1.807, 2.05) is 0 Å². The van der Waals surface area contributed by atoms with Crippen LogP contribution in [0, 0.1) is 0 Å². The fourth-order valence-corrected chi connectivity index (χ4v) is 0.805. The lowest BCUT2D eigenvalue weighted by molar-refractivity contribution is 0.288. The molecule has 0 unspecified atom stereocenters. The second-order valence-corrected chi connectivity index (χ2v) is 5.72. The molecule has 0 fully saturated rings. The summed E-state index contributed by atoms with van der Waals surface area (Å²) in [5, 5.41) is 34.2. The van der Waals surface area contributed by atoms with Crippen LogP contribution in [0.2, 0.25) is 0 Å². The highest BCUT2D eigenvalue weighted by Gasteiger charge is 2.34. The number of rotatable bonds is 4. The van der Waals surface area contributed by atoms with Crippen LogP contribution in [0.1, 0.15) is 0 Å². The summed E-state index contributed by atoms with van der Waals surface area (Å²) in [6, 6.07) is 0. The molecule has 0 aliphatic carbocycles. The fraction of sp³-hybridized carbons (Fsp3) is 1.00. The van der Waals surface area contributed by atoms with Gasteiger partial charge in [0, 0.05) is 0 Å². The molecule has 0 aromatic rings. The van der Waals surface area contributed by atoms with E-state index in [0.29, 0.717) is 0 Å². The minimum absolute atomic E-state index is 0. The van der Waals surface area contributed by atoms with Gasteiger partial charge in [-0.2, -0.15) is 0 Å². The zero-order valence-corrected chi connectivity index (χ0v) is 7.18. The Bertz CT molecular complexity index is 60.1. The first kappa shape index (κ1) is 13.2. The Morgan fingerprint density at radius 1 is 0.700 bits per heavy atom. The Hall–Kier alpha value is 0.560. The summed E-state index contributed by atoms with van der Waals surface area (Å²) in [6.07, 6.45) is -1.18. The van der Waals surface area contributed by atoms with E-state index in [9.17, 15) is 0 Å². The van der Waals surface area contributed by atoms with Crippen molar-refractivity contribution in [2.75, 3.05) is 25.4 Å². The third-order valence-corrected chi connectivity index (χ3v) is 3.60. The first-order valence-electron chi connectivity index (χ1n) is 2.53. The van der Waals surface area contributed by atoms with Gasteiger partial charge in [0.25, 0.3) is 0 Å². The van der Waals surface area contributed by atoms with Crippen molar-refractivity contribution in [3.8, 4) is 0 Å². The van der Waals surface area contributed by atoms with Gasteiger partial charge in [0.2, 0.25) is 0 Å². The molecule has 0 spiro atoms. The van der Waals surface area contributed by atoms with Crippen LogP contribution in [-0.4, -0.2) is 45.8 Å². The molecule has 4 nitrogen and oxygen atoms in total. The molecule has 0 aromatic heterocycles. The summed E-state index contributed by atoms with van der Waals surface area (Å²) in [7, 11) is -2.20. The average molecular weight is 192 g/mol. The molecule has 0 heterocycles. The van der Waals surface area contributed by atoms with E-state index in [0.717, 1.165) is 0 Å². The maximum atomic E-state index is 8.55. The van der Waals surface area contributed by atoms with E-state index in [1.165, 1.54) is 0 Å². The number of halogens is 1. The van der Waals surface area contributed by atoms with Crippen LogP contribution in [0.25, 0.3) is 0 Å². The second-order valence-electron chi connectivity index (χ2n) is 1.91. The number of hydrogen-bond donors (Lipinski definition) is 4. The molecule has 0 radical (unpaired) electrons. The molecule has 0 bridgehead atoms. The quantitative estimate of drug-likeness (QED) is 0.440. The van der Waals surface area contributed by atoms with Crippen LogP contribution in [-0.2, 0) is 0 Å². The number of hydrogen-bond acceptors (Lipinski definition) is 4. The number of aliphatic hydroxyl groups excluding tert-OH is 4. The standard InChI is InChI=1S/C4H12O4P.ClH/c5-1-9(2-6,3-7)4-8;/h5-8H,1-4H2;1H/q+1;. The monoisotopic (exact) mass is 191 g/mol. The van der Waals surface area contributed by atoms with Crippen molar-refractivity contribution in [2.45, 2.75) is 0 Å². The molecule has 64 valence electrons. The van der Waals surface area contributed by atoms with E-state index >= 15 is 0 Å². The topological polar surface area (TPSA) is 80.9 Å². The maximum absolute atomic E-state index is 8.55. The SMILES string of the molecule is Cl.OC[P+](CO)(CO)CO. The Labute approximate surface area is 66.2 Å². The molecule has 0 atom stereocenters. The first-order chi connectivity index (χ1) is 4.24. The molecule has 0 amide bonds. The normalized spacial score (nSPS) is 10.8. The summed E-state index contributed by atoms with van der Waals surface area (Å²) >= 11 is 0. The van der Waals surface area contributed by atoms with Crippen molar-refractivity contribution in [1.82, 2.24) is 0 Å². The summed E-state index contributed by atoms with van der Waals surface area (Å²) in [5.74, 6) is 0. The summed E-state index contributed by atoms with van der Waals surface area (Å²) < 4.78 is 0. The van der Waals surface area contributed by atoms with Crippen LogP contribution >= 0.6 is 19.7 Å². The van der Waals surface area contributed by atoms with Crippen LogP contribution < -0.4 is 0 Å². The van der Waals surface area contributed by atoms with E-state index in [1.54, 1.807) is 0 Å². The Kier molecular flexibility index (Phi) is 8.27. The van der Waals surface area contributed by atoms with Crippen molar-refractivity contribution in [3.63, 3.8) is 0 Å². The van der Waals surface area contributed by atoms with E-state index in [-0.39, 0.29) is 37.8 Å². The lowest BCUT2D eigenvalue weighted by Gasteiger charge is -2.15. The van der Waals surface area contributed by atoms with Crippen LogP contribution in [0.4, 0.5) is 0 Å². The minimum Gasteiger partial charge on any atom is -0.361 e. The Morgan fingerprint density at radius 2 is 0.900 bits per heavy atom. The molecule has 10 heavy (non-hydrogen) atoms. The molecule has 4 N–H and O–H groups in total. The summed E-state index contributed by atoms with van der Waals surface area (Å²) in [5.41, 5.74) is 0. The fourth-order valence-electron chi connectivity index (χ4n) is 0.268. The predicted octanol–water partition coefficient (Wildman–Crippen LogP) is -0.775. The van der Waals surface area contributed by atoms with Gasteiger partial charge in [0.05, 0.1) is 0 Å². The Morgan fingerprint density at radius 3 is 0.900 bits per heavy atom. The first-order valence-corrected chi connectivity index (χ1v) is 5.06. The second kappa shape index (κ2) is 6.28. The van der Waals surface area contributed by atoms with Gasteiger partial charge < -0.3 is 20.4 Å². The van der Waals surface area contributed by atoms with E-state index in [2.05, 4.69) is 0 Å². The van der Waals surface area contributed by atoms with Crippen molar-refractivity contribution in [2.24, 2.45) is 0 Å². The molecule has 6 heteroatoms. The zero-order valence-electron chi connectivity index (χ0n) is 5.47. The van der Waals surface area contributed by atoms with Crippen LogP contribution in [0.15, 0.2) is 0 Å². The van der Waals surface area contributed by atoms with Crippen molar-refractivity contribution in [3.05, 3.63) is 0 Å². The van der Waals surface area contributed by atoms with Crippen LogP contribution in [0.5, 0.6) is 0 Å². The predicted molar refractivity (Wildman–Crippen MR) is 42.5 cm³/mol. The van der Waals surface area contributed by atoms with Crippen molar-refractivity contribution in [1.29, 1.82) is 0 Å². The molecule has 0 saturated heterocycles.